The molecule has 0 radical (unpaired) electrons. The summed E-state index contributed by atoms with van der Waals surface area (Å²) in [5.41, 5.74) is -0.708. The minimum absolute atomic E-state index is 0.318. The zero-order valence-electron chi connectivity index (χ0n) is 10.9. The highest BCUT2D eigenvalue weighted by Crippen LogP contribution is 2.18. The van der Waals surface area contributed by atoms with Crippen molar-refractivity contribution in [3.63, 3.8) is 0 Å². The predicted molar refractivity (Wildman–Crippen MR) is 64.2 cm³/mol. The highest BCUT2D eigenvalue weighted by Gasteiger charge is 2.26. The summed E-state index contributed by atoms with van der Waals surface area (Å²) in [7, 11) is 0. The summed E-state index contributed by atoms with van der Waals surface area (Å²) >= 11 is 0. The molecular formula is C12H25NO3. The second-order valence-corrected chi connectivity index (χ2v) is 5.18. The Morgan fingerprint density at radius 1 is 1.50 bits per heavy atom. The van der Waals surface area contributed by atoms with Gasteiger partial charge < -0.3 is 15.2 Å². The van der Waals surface area contributed by atoms with E-state index in [1.165, 1.54) is 0 Å². The van der Waals surface area contributed by atoms with E-state index in [2.05, 4.69) is 10.1 Å². The number of nitrogens with one attached hydrogen (secondary N) is 1. The van der Waals surface area contributed by atoms with E-state index in [-0.39, 0.29) is 5.60 Å². The van der Waals surface area contributed by atoms with E-state index in [1.807, 2.05) is 27.7 Å². The summed E-state index contributed by atoms with van der Waals surface area (Å²) in [6.07, 6.45) is 2.96. The zero-order chi connectivity index (χ0) is 12.7. The molecule has 4 heteroatoms. The Labute approximate surface area is 98.4 Å². The highest BCUT2D eigenvalue weighted by molar-refractivity contribution is 5.37. The minimum atomic E-state index is -0.391. The van der Waals surface area contributed by atoms with Gasteiger partial charge in [0.1, 0.15) is 5.60 Å². The van der Waals surface area contributed by atoms with Crippen LogP contribution in [-0.2, 0) is 9.53 Å². The SMILES string of the molecule is CC(C)(C)OC=O.CCC1(O)CCCNC1. The van der Waals surface area contributed by atoms with E-state index >= 15 is 0 Å². The van der Waals surface area contributed by atoms with Gasteiger partial charge in [0.05, 0.1) is 5.60 Å². The number of ether oxygens (including phenoxy) is 1. The van der Waals surface area contributed by atoms with Crippen molar-refractivity contribution in [2.24, 2.45) is 0 Å². The molecule has 4 nitrogen and oxygen atoms in total. The summed E-state index contributed by atoms with van der Waals surface area (Å²) in [6.45, 7) is 9.81. The topological polar surface area (TPSA) is 58.6 Å². The van der Waals surface area contributed by atoms with Gasteiger partial charge in [0.15, 0.2) is 0 Å². The van der Waals surface area contributed by atoms with Crippen LogP contribution < -0.4 is 5.32 Å². The lowest BCUT2D eigenvalue weighted by molar-refractivity contribution is -0.138. The van der Waals surface area contributed by atoms with Crippen molar-refractivity contribution >= 4 is 6.47 Å². The largest absolute Gasteiger partial charge is 0.462 e. The Hall–Kier alpha value is -0.610. The first-order valence-corrected chi connectivity index (χ1v) is 5.87. The molecule has 0 aromatic rings. The van der Waals surface area contributed by atoms with Gasteiger partial charge >= 0.3 is 0 Å². The molecule has 1 atom stereocenters. The number of carbonyl (C=O) groups excluding carboxylic acids is 1. The van der Waals surface area contributed by atoms with Crippen LogP contribution in [0.4, 0.5) is 0 Å². The minimum Gasteiger partial charge on any atom is -0.462 e. The molecule has 16 heavy (non-hydrogen) atoms. The summed E-state index contributed by atoms with van der Waals surface area (Å²) in [5.74, 6) is 0. The van der Waals surface area contributed by atoms with Crippen molar-refractivity contribution in [1.82, 2.24) is 5.32 Å². The van der Waals surface area contributed by atoms with Crippen molar-refractivity contribution in [3.05, 3.63) is 0 Å². The first-order valence-electron chi connectivity index (χ1n) is 5.87. The smallest absolute Gasteiger partial charge is 0.293 e. The monoisotopic (exact) mass is 231 g/mol. The maximum Gasteiger partial charge on any atom is 0.293 e. The molecule has 1 unspecified atom stereocenters. The highest BCUT2D eigenvalue weighted by atomic mass is 16.5. The van der Waals surface area contributed by atoms with Crippen LogP contribution in [0.15, 0.2) is 0 Å². The number of β-amino-alcohol motifs (C(OH)–C–C–N with tert-alkyl or cyclic N) is 1. The van der Waals surface area contributed by atoms with Crippen molar-refractivity contribution < 1.29 is 14.6 Å². The fourth-order valence-corrected chi connectivity index (χ4v) is 1.40. The molecule has 96 valence electrons. The number of aliphatic hydroxyl groups is 1. The standard InChI is InChI=1S/C7H15NO.C5H10O2/c1-2-7(9)4-3-5-8-6-7;1-5(2,3)7-4-6/h8-9H,2-6H2,1H3;4H,1-3H3. The van der Waals surface area contributed by atoms with Gasteiger partial charge in [0, 0.05) is 6.54 Å². The van der Waals surface area contributed by atoms with E-state index in [0.29, 0.717) is 6.47 Å². The number of piperidine rings is 1. The molecule has 1 aliphatic rings. The summed E-state index contributed by atoms with van der Waals surface area (Å²) in [4.78, 5) is 9.60. The predicted octanol–water partition coefficient (Wildman–Crippen LogP) is 1.47. The fourth-order valence-electron chi connectivity index (χ4n) is 1.40. The van der Waals surface area contributed by atoms with Crippen LogP contribution in [0.1, 0.15) is 47.0 Å². The van der Waals surface area contributed by atoms with E-state index in [9.17, 15) is 9.90 Å². The summed E-state index contributed by atoms with van der Waals surface area (Å²) in [5, 5.41) is 12.8. The summed E-state index contributed by atoms with van der Waals surface area (Å²) in [6, 6.07) is 0. The summed E-state index contributed by atoms with van der Waals surface area (Å²) < 4.78 is 4.55. The van der Waals surface area contributed by atoms with Gasteiger partial charge in [-0.25, -0.2) is 0 Å². The molecule has 1 saturated heterocycles. The molecule has 0 saturated carbocycles. The third-order valence-corrected chi connectivity index (χ3v) is 2.51. The quantitative estimate of drug-likeness (QED) is 0.707. The Morgan fingerprint density at radius 2 is 2.12 bits per heavy atom. The molecule has 0 aromatic heterocycles. The maximum atomic E-state index is 9.62. The third kappa shape index (κ3) is 7.65. The van der Waals surface area contributed by atoms with Crippen LogP contribution in [0.25, 0.3) is 0 Å². The molecule has 1 rings (SSSR count). The van der Waals surface area contributed by atoms with Gasteiger partial charge in [0.2, 0.25) is 0 Å². The molecule has 1 heterocycles. The molecule has 1 fully saturated rings. The number of rotatable bonds is 2. The average Bonchev–Trinajstić information content (AvgIpc) is 2.18. The van der Waals surface area contributed by atoms with Crippen LogP contribution in [0.2, 0.25) is 0 Å². The second-order valence-electron chi connectivity index (χ2n) is 5.18. The van der Waals surface area contributed by atoms with Crippen LogP contribution in [0.5, 0.6) is 0 Å². The average molecular weight is 231 g/mol. The lowest BCUT2D eigenvalue weighted by atomic mass is 9.92. The van der Waals surface area contributed by atoms with Gasteiger partial charge in [0.25, 0.3) is 6.47 Å². The van der Waals surface area contributed by atoms with E-state index in [0.717, 1.165) is 32.4 Å². The first-order chi connectivity index (χ1) is 7.33. The normalized spacial score (nSPS) is 25.3. The van der Waals surface area contributed by atoms with Crippen LogP contribution in [-0.4, -0.2) is 35.9 Å². The van der Waals surface area contributed by atoms with E-state index < -0.39 is 5.60 Å². The van der Waals surface area contributed by atoms with Crippen LogP contribution in [0, 0.1) is 0 Å². The van der Waals surface area contributed by atoms with Crippen molar-refractivity contribution in [3.8, 4) is 0 Å². The Morgan fingerprint density at radius 3 is 2.31 bits per heavy atom. The van der Waals surface area contributed by atoms with E-state index in [4.69, 9.17) is 0 Å². The molecule has 0 spiro atoms. The van der Waals surface area contributed by atoms with Crippen molar-refractivity contribution in [2.45, 2.75) is 58.2 Å². The second kappa shape index (κ2) is 6.86. The van der Waals surface area contributed by atoms with Crippen molar-refractivity contribution in [2.75, 3.05) is 13.1 Å². The Balaban J connectivity index is 0.000000293. The first kappa shape index (κ1) is 15.4. The zero-order valence-corrected chi connectivity index (χ0v) is 10.9. The van der Waals surface area contributed by atoms with Gasteiger partial charge in [-0.3, -0.25) is 4.79 Å². The number of carbonyl (C=O) groups is 1. The fraction of sp³-hybridized carbons (Fsp3) is 0.917. The Bertz CT molecular complexity index is 193. The molecule has 2 N–H and O–H groups in total. The van der Waals surface area contributed by atoms with E-state index in [1.54, 1.807) is 0 Å². The molecule has 0 amide bonds. The molecule has 1 aliphatic heterocycles. The maximum absolute atomic E-state index is 9.62. The van der Waals surface area contributed by atoms with Gasteiger partial charge in [-0.1, -0.05) is 6.92 Å². The van der Waals surface area contributed by atoms with Crippen LogP contribution in [0.3, 0.4) is 0 Å². The third-order valence-electron chi connectivity index (χ3n) is 2.51. The number of hydrogen-bond donors (Lipinski definition) is 2. The van der Waals surface area contributed by atoms with Gasteiger partial charge in [-0.2, -0.15) is 0 Å². The molecule has 0 aromatic carbocycles. The van der Waals surface area contributed by atoms with Crippen LogP contribution >= 0.6 is 0 Å². The number of hydrogen-bond acceptors (Lipinski definition) is 4. The lowest BCUT2D eigenvalue weighted by Crippen LogP contribution is -2.44. The Kier molecular flexibility index (Phi) is 6.60. The van der Waals surface area contributed by atoms with Crippen molar-refractivity contribution in [1.29, 1.82) is 0 Å². The molecular weight excluding hydrogens is 206 g/mol. The lowest BCUT2D eigenvalue weighted by Gasteiger charge is -2.31. The van der Waals surface area contributed by atoms with Gasteiger partial charge in [-0.05, 0) is 46.6 Å². The molecule has 0 aliphatic carbocycles. The molecule has 0 bridgehead atoms. The van der Waals surface area contributed by atoms with Gasteiger partial charge in [-0.15, -0.1) is 0 Å².